The Labute approximate surface area is 96.4 Å². The van der Waals surface area contributed by atoms with Crippen LogP contribution in [0.2, 0.25) is 0 Å². The molecule has 16 heavy (non-hydrogen) atoms. The van der Waals surface area contributed by atoms with Crippen LogP contribution in [-0.4, -0.2) is 19.6 Å². The van der Waals surface area contributed by atoms with Crippen molar-refractivity contribution in [2.75, 3.05) is 0 Å². The van der Waals surface area contributed by atoms with Gasteiger partial charge in [-0.2, -0.15) is 0 Å². The van der Waals surface area contributed by atoms with Crippen LogP contribution in [-0.2, 0) is 9.84 Å². The molecule has 0 radical (unpaired) electrons. The summed E-state index contributed by atoms with van der Waals surface area (Å²) in [6.45, 7) is 3.65. The highest BCUT2D eigenvalue weighted by Gasteiger charge is 2.11. The van der Waals surface area contributed by atoms with Crippen molar-refractivity contribution in [1.29, 1.82) is 0 Å². The maximum atomic E-state index is 11.8. The summed E-state index contributed by atoms with van der Waals surface area (Å²) in [5, 5.41) is 10.5. The van der Waals surface area contributed by atoms with Crippen molar-refractivity contribution in [3.8, 4) is 0 Å². The number of aliphatic hydroxyl groups is 1. The summed E-state index contributed by atoms with van der Waals surface area (Å²) >= 11 is 0. The van der Waals surface area contributed by atoms with Crippen LogP contribution in [0.4, 0.5) is 0 Å². The van der Waals surface area contributed by atoms with Gasteiger partial charge in [0.15, 0.2) is 9.84 Å². The van der Waals surface area contributed by atoms with Crippen LogP contribution >= 0.6 is 0 Å². The van der Waals surface area contributed by atoms with E-state index in [4.69, 9.17) is 0 Å². The number of sulfone groups is 1. The lowest BCUT2D eigenvalue weighted by Crippen LogP contribution is -2.11. The molecule has 1 unspecified atom stereocenters. The quantitative estimate of drug-likeness (QED) is 0.875. The highest BCUT2D eigenvalue weighted by atomic mass is 32.2. The second-order valence-corrected chi connectivity index (χ2v) is 5.75. The molecule has 3 nitrogen and oxygen atoms in total. The average Bonchev–Trinajstić information content (AvgIpc) is 2.27. The molecule has 0 amide bonds. The molecule has 1 rings (SSSR count). The summed E-state index contributed by atoms with van der Waals surface area (Å²) in [5.74, 6) is 0.00206. The third-order valence-electron chi connectivity index (χ3n) is 2.21. The van der Waals surface area contributed by atoms with Gasteiger partial charge in [-0.1, -0.05) is 32.0 Å². The topological polar surface area (TPSA) is 54.4 Å². The van der Waals surface area contributed by atoms with Gasteiger partial charge in [0.25, 0.3) is 0 Å². The van der Waals surface area contributed by atoms with Gasteiger partial charge in [-0.25, -0.2) is 8.42 Å². The molecule has 4 heteroatoms. The number of hydrogen-bond acceptors (Lipinski definition) is 3. The van der Waals surface area contributed by atoms with Gasteiger partial charge in [0.2, 0.25) is 0 Å². The molecular formula is C12H16O3S. The normalized spacial score (nSPS) is 14.5. The number of rotatable bonds is 4. The number of benzene rings is 1. The molecule has 0 fully saturated rings. The largest absolute Gasteiger partial charge is 0.389 e. The lowest BCUT2D eigenvalue weighted by molar-refractivity contribution is 0.172. The van der Waals surface area contributed by atoms with Gasteiger partial charge < -0.3 is 5.11 Å². The van der Waals surface area contributed by atoms with Crippen molar-refractivity contribution in [3.05, 3.63) is 41.8 Å². The highest BCUT2D eigenvalue weighted by Crippen LogP contribution is 2.12. The Morgan fingerprint density at radius 3 is 2.25 bits per heavy atom. The molecule has 1 N–H and O–H groups in total. The van der Waals surface area contributed by atoms with E-state index in [-0.39, 0.29) is 10.8 Å². The van der Waals surface area contributed by atoms with Crippen molar-refractivity contribution < 1.29 is 13.5 Å². The summed E-state index contributed by atoms with van der Waals surface area (Å²) in [6, 6.07) is 8.15. The summed E-state index contributed by atoms with van der Waals surface area (Å²) in [5.41, 5.74) is 0. The Morgan fingerprint density at radius 2 is 1.75 bits per heavy atom. The first kappa shape index (κ1) is 12.9. The molecular weight excluding hydrogens is 224 g/mol. The summed E-state index contributed by atoms with van der Waals surface area (Å²) < 4.78 is 23.5. The van der Waals surface area contributed by atoms with Gasteiger partial charge >= 0.3 is 0 Å². The molecule has 0 bridgehead atoms. The summed E-state index contributed by atoms with van der Waals surface area (Å²) in [4.78, 5) is 0.238. The molecule has 0 saturated heterocycles. The Kier molecular flexibility index (Phi) is 4.26. The first-order valence-electron chi connectivity index (χ1n) is 5.10. The minimum atomic E-state index is -3.43. The standard InChI is InChI=1S/C12H16O3S/c1-10(2)12(13)8-9-16(14,15)11-6-4-3-5-7-11/h3-10,12-13H,1-2H3. The van der Waals surface area contributed by atoms with E-state index in [0.29, 0.717) is 0 Å². The van der Waals surface area contributed by atoms with Crippen LogP contribution < -0.4 is 0 Å². The Balaban J connectivity index is 2.89. The van der Waals surface area contributed by atoms with Crippen molar-refractivity contribution in [3.63, 3.8) is 0 Å². The Hall–Kier alpha value is -1.13. The molecule has 0 saturated carbocycles. The van der Waals surface area contributed by atoms with Crippen LogP contribution in [0, 0.1) is 5.92 Å². The summed E-state index contributed by atoms with van der Waals surface area (Å²) in [6.07, 6.45) is 0.575. The minimum Gasteiger partial charge on any atom is -0.389 e. The van der Waals surface area contributed by atoms with Crippen LogP contribution in [0.25, 0.3) is 0 Å². The molecule has 88 valence electrons. The molecule has 0 spiro atoms. The van der Waals surface area contributed by atoms with Crippen LogP contribution in [0.3, 0.4) is 0 Å². The van der Waals surface area contributed by atoms with E-state index in [0.717, 1.165) is 5.41 Å². The fourth-order valence-corrected chi connectivity index (χ4v) is 2.16. The van der Waals surface area contributed by atoms with E-state index in [1.54, 1.807) is 18.2 Å². The number of hydrogen-bond donors (Lipinski definition) is 1. The zero-order valence-corrected chi connectivity index (χ0v) is 10.2. The maximum Gasteiger partial charge on any atom is 0.199 e. The Morgan fingerprint density at radius 1 is 1.19 bits per heavy atom. The molecule has 1 atom stereocenters. The van der Waals surface area contributed by atoms with E-state index in [1.807, 2.05) is 13.8 Å². The third-order valence-corrected chi connectivity index (χ3v) is 3.65. The van der Waals surface area contributed by atoms with Gasteiger partial charge in [-0.15, -0.1) is 0 Å². The van der Waals surface area contributed by atoms with Crippen molar-refractivity contribution >= 4 is 9.84 Å². The molecule has 0 heterocycles. The predicted octanol–water partition coefficient (Wildman–Crippen LogP) is 1.99. The molecule has 1 aromatic carbocycles. The minimum absolute atomic E-state index is 0.00206. The zero-order chi connectivity index (χ0) is 12.2. The first-order chi connectivity index (χ1) is 7.43. The zero-order valence-electron chi connectivity index (χ0n) is 9.37. The van der Waals surface area contributed by atoms with Crippen molar-refractivity contribution in [1.82, 2.24) is 0 Å². The average molecular weight is 240 g/mol. The molecule has 0 aliphatic rings. The van der Waals surface area contributed by atoms with E-state index < -0.39 is 15.9 Å². The second-order valence-electron chi connectivity index (χ2n) is 3.92. The fraction of sp³-hybridized carbons (Fsp3) is 0.333. The fourth-order valence-electron chi connectivity index (χ4n) is 1.09. The Bertz CT molecular complexity index is 446. The highest BCUT2D eigenvalue weighted by molar-refractivity contribution is 7.94. The molecule has 0 aliphatic heterocycles. The van der Waals surface area contributed by atoms with Gasteiger partial charge in [-0.05, 0) is 24.1 Å². The maximum absolute atomic E-state index is 11.8. The molecule has 1 aromatic rings. The SMILES string of the molecule is CC(C)C(O)C=CS(=O)(=O)c1ccccc1. The van der Waals surface area contributed by atoms with Crippen LogP contribution in [0.15, 0.2) is 46.7 Å². The van der Waals surface area contributed by atoms with E-state index in [2.05, 4.69) is 0 Å². The van der Waals surface area contributed by atoms with Gasteiger partial charge in [0.05, 0.1) is 11.0 Å². The number of aliphatic hydroxyl groups excluding tert-OH is 1. The second kappa shape index (κ2) is 5.27. The van der Waals surface area contributed by atoms with E-state index in [1.165, 1.54) is 18.2 Å². The third kappa shape index (κ3) is 3.47. The lowest BCUT2D eigenvalue weighted by atomic mass is 10.1. The molecule has 0 aliphatic carbocycles. The van der Waals surface area contributed by atoms with Crippen molar-refractivity contribution in [2.24, 2.45) is 5.92 Å². The van der Waals surface area contributed by atoms with E-state index >= 15 is 0 Å². The van der Waals surface area contributed by atoms with Crippen molar-refractivity contribution in [2.45, 2.75) is 24.8 Å². The van der Waals surface area contributed by atoms with E-state index in [9.17, 15) is 13.5 Å². The van der Waals surface area contributed by atoms with Crippen LogP contribution in [0.5, 0.6) is 0 Å². The lowest BCUT2D eigenvalue weighted by Gasteiger charge is -2.08. The van der Waals surface area contributed by atoms with Gasteiger partial charge in [-0.3, -0.25) is 0 Å². The predicted molar refractivity (Wildman–Crippen MR) is 63.6 cm³/mol. The monoisotopic (exact) mass is 240 g/mol. The van der Waals surface area contributed by atoms with Crippen LogP contribution in [0.1, 0.15) is 13.8 Å². The smallest absolute Gasteiger partial charge is 0.199 e. The van der Waals surface area contributed by atoms with Gasteiger partial charge in [0, 0.05) is 5.41 Å². The first-order valence-corrected chi connectivity index (χ1v) is 6.64. The summed E-state index contributed by atoms with van der Waals surface area (Å²) in [7, 11) is -3.43. The molecule has 0 aromatic heterocycles. The van der Waals surface area contributed by atoms with Gasteiger partial charge in [0.1, 0.15) is 0 Å².